The van der Waals surface area contributed by atoms with Crippen LogP contribution in [0.5, 0.6) is 0 Å². The van der Waals surface area contributed by atoms with Crippen LogP contribution in [0, 0.1) is 16.7 Å². The molecule has 0 N–H and O–H groups in total. The molecule has 68 valence electrons. The predicted octanol–water partition coefficient (Wildman–Crippen LogP) is 4.00. The molecule has 0 aromatic carbocycles. The van der Waals surface area contributed by atoms with Gasteiger partial charge in [-0.25, -0.2) is 0 Å². The largest absolute Gasteiger partial charge is 0.198 e. The normalized spacial score (nSPS) is 7.82. The number of hydrogen-bond donors (Lipinski definition) is 0. The Morgan fingerprint density at radius 1 is 1.09 bits per heavy atom. The molecule has 0 bridgehead atoms. The molecule has 0 saturated carbocycles. The van der Waals surface area contributed by atoms with Gasteiger partial charge in [0.1, 0.15) is 0 Å². The lowest BCUT2D eigenvalue weighted by molar-refractivity contribution is 0.477. The van der Waals surface area contributed by atoms with Crippen LogP contribution in [0.2, 0.25) is 0 Å². The second kappa shape index (κ2) is 12.2. The minimum Gasteiger partial charge on any atom is -0.198 e. The summed E-state index contributed by atoms with van der Waals surface area (Å²) in [6, 6.07) is 2.19. The Kier molecular flexibility index (Phi) is 18.7. The molecule has 0 fully saturated rings. The molecular weight excluding hydrogens is 134 g/mol. The number of nitriles is 1. The molecule has 0 aliphatic heterocycles. The first-order valence-electron chi connectivity index (χ1n) is 4.53. The van der Waals surface area contributed by atoms with E-state index in [9.17, 15) is 0 Å². The monoisotopic (exact) mass is 157 g/mol. The minimum atomic E-state index is -0.111. The first kappa shape index (κ1) is 16.8. The molecule has 0 aliphatic carbocycles. The predicted molar refractivity (Wildman–Crippen MR) is 52.4 cm³/mol. The molecule has 11 heavy (non-hydrogen) atoms. The van der Waals surface area contributed by atoms with E-state index in [0.717, 1.165) is 6.42 Å². The smallest absolute Gasteiger partial charge is 0.0683 e. The number of rotatable bonds is 1. The van der Waals surface area contributed by atoms with E-state index >= 15 is 0 Å². The van der Waals surface area contributed by atoms with Crippen LogP contribution in [0.25, 0.3) is 0 Å². The maximum atomic E-state index is 8.34. The third kappa shape index (κ3) is 17.7. The van der Waals surface area contributed by atoms with Crippen molar-refractivity contribution >= 4 is 0 Å². The maximum absolute atomic E-state index is 8.34. The van der Waals surface area contributed by atoms with Gasteiger partial charge in [0.2, 0.25) is 0 Å². The summed E-state index contributed by atoms with van der Waals surface area (Å²) < 4.78 is 0. The molecule has 1 heteroatoms. The Morgan fingerprint density at radius 2 is 1.36 bits per heavy atom. The van der Waals surface area contributed by atoms with Crippen molar-refractivity contribution in [2.24, 2.45) is 5.41 Å². The topological polar surface area (TPSA) is 23.8 Å². The summed E-state index contributed by atoms with van der Waals surface area (Å²) in [4.78, 5) is 0. The van der Waals surface area contributed by atoms with Crippen LogP contribution in [0.15, 0.2) is 0 Å². The zero-order valence-corrected chi connectivity index (χ0v) is 9.15. The number of nitrogens with zero attached hydrogens (tertiary/aromatic N) is 1. The van der Waals surface area contributed by atoms with Crippen LogP contribution < -0.4 is 0 Å². The Labute approximate surface area is 72.4 Å². The highest BCUT2D eigenvalue weighted by atomic mass is 14.3. The zero-order chi connectivity index (χ0) is 9.91. The summed E-state index contributed by atoms with van der Waals surface area (Å²) in [7, 11) is 0. The molecule has 0 spiro atoms. The second-order valence-corrected chi connectivity index (χ2v) is 2.35. The summed E-state index contributed by atoms with van der Waals surface area (Å²) in [5.74, 6) is 0. The Hall–Kier alpha value is -0.510. The molecule has 0 rings (SSSR count). The van der Waals surface area contributed by atoms with Crippen molar-refractivity contribution in [3.05, 3.63) is 0 Å². The van der Waals surface area contributed by atoms with Crippen molar-refractivity contribution in [3.63, 3.8) is 0 Å². The summed E-state index contributed by atoms with van der Waals surface area (Å²) >= 11 is 0. The van der Waals surface area contributed by atoms with E-state index in [0.29, 0.717) is 0 Å². The molecule has 0 atom stereocenters. The summed E-state index contributed by atoms with van der Waals surface area (Å²) in [5.41, 5.74) is -0.111. The van der Waals surface area contributed by atoms with Crippen molar-refractivity contribution in [2.75, 3.05) is 0 Å². The Balaban J connectivity index is -0.000000138. The van der Waals surface area contributed by atoms with E-state index in [1.165, 1.54) is 0 Å². The van der Waals surface area contributed by atoms with Gasteiger partial charge in [-0.2, -0.15) is 5.26 Å². The van der Waals surface area contributed by atoms with E-state index in [1.54, 1.807) is 0 Å². The fourth-order valence-electron chi connectivity index (χ4n) is 0.0791. The molecule has 1 nitrogen and oxygen atoms in total. The van der Waals surface area contributed by atoms with Crippen LogP contribution in [0.3, 0.4) is 0 Å². The van der Waals surface area contributed by atoms with Gasteiger partial charge < -0.3 is 0 Å². The SMILES string of the molecule is CC.CC.CCC(C)(C)C#N. The van der Waals surface area contributed by atoms with Gasteiger partial charge in [0, 0.05) is 0 Å². The average Bonchev–Trinajstić information content (AvgIpc) is 2.12. The Morgan fingerprint density at radius 3 is 1.36 bits per heavy atom. The quantitative estimate of drug-likeness (QED) is 0.564. The average molecular weight is 157 g/mol. The molecular formula is C10H23N. The lowest BCUT2D eigenvalue weighted by atomic mass is 9.93. The molecule has 0 aromatic rings. The van der Waals surface area contributed by atoms with Gasteiger partial charge in [-0.05, 0) is 20.3 Å². The van der Waals surface area contributed by atoms with Crippen LogP contribution in [0.1, 0.15) is 54.9 Å². The summed E-state index contributed by atoms with van der Waals surface area (Å²) in [6.45, 7) is 13.9. The molecule has 0 unspecified atom stereocenters. The zero-order valence-electron chi connectivity index (χ0n) is 9.15. The van der Waals surface area contributed by atoms with Crippen molar-refractivity contribution in [1.82, 2.24) is 0 Å². The molecule has 0 saturated heterocycles. The first-order valence-corrected chi connectivity index (χ1v) is 4.53. The van der Waals surface area contributed by atoms with Crippen molar-refractivity contribution in [3.8, 4) is 6.07 Å². The lowest BCUT2D eigenvalue weighted by Gasteiger charge is -2.08. The van der Waals surface area contributed by atoms with Crippen molar-refractivity contribution in [2.45, 2.75) is 54.9 Å². The highest BCUT2D eigenvalue weighted by Gasteiger charge is 2.11. The standard InChI is InChI=1S/C6H11N.2C2H6/c1-4-6(2,3)5-7;2*1-2/h4H2,1-3H3;2*1-2H3. The van der Waals surface area contributed by atoms with Gasteiger partial charge in [-0.15, -0.1) is 0 Å². The first-order chi connectivity index (χ1) is 5.12. The van der Waals surface area contributed by atoms with E-state index < -0.39 is 0 Å². The van der Waals surface area contributed by atoms with E-state index in [-0.39, 0.29) is 5.41 Å². The highest BCUT2D eigenvalue weighted by molar-refractivity contribution is 4.89. The minimum absolute atomic E-state index is 0.111. The van der Waals surface area contributed by atoms with Gasteiger partial charge in [0.15, 0.2) is 0 Å². The third-order valence-electron chi connectivity index (χ3n) is 1.19. The molecule has 0 heterocycles. The number of hydrogen-bond acceptors (Lipinski definition) is 1. The maximum Gasteiger partial charge on any atom is 0.0683 e. The molecule has 0 aromatic heterocycles. The lowest BCUT2D eigenvalue weighted by Crippen LogP contribution is -2.03. The summed E-state index contributed by atoms with van der Waals surface area (Å²) in [6.07, 6.45) is 0.934. The molecule has 0 aliphatic rings. The molecule has 0 radical (unpaired) electrons. The fraction of sp³-hybridized carbons (Fsp3) is 0.900. The van der Waals surface area contributed by atoms with Crippen LogP contribution in [-0.4, -0.2) is 0 Å². The van der Waals surface area contributed by atoms with E-state index in [2.05, 4.69) is 6.07 Å². The van der Waals surface area contributed by atoms with Gasteiger partial charge in [-0.1, -0.05) is 34.6 Å². The Bertz CT molecular complexity index is 87.5. The van der Waals surface area contributed by atoms with Gasteiger partial charge in [0.25, 0.3) is 0 Å². The fourth-order valence-corrected chi connectivity index (χ4v) is 0.0791. The van der Waals surface area contributed by atoms with E-state index in [4.69, 9.17) is 5.26 Å². The van der Waals surface area contributed by atoms with Gasteiger partial charge in [-0.3, -0.25) is 0 Å². The van der Waals surface area contributed by atoms with Crippen molar-refractivity contribution < 1.29 is 0 Å². The third-order valence-corrected chi connectivity index (χ3v) is 1.19. The molecule has 0 amide bonds. The van der Waals surface area contributed by atoms with Gasteiger partial charge in [0.05, 0.1) is 11.5 Å². The van der Waals surface area contributed by atoms with Crippen LogP contribution in [-0.2, 0) is 0 Å². The highest BCUT2D eigenvalue weighted by Crippen LogP contribution is 2.16. The summed E-state index contributed by atoms with van der Waals surface area (Å²) in [5, 5.41) is 8.34. The van der Waals surface area contributed by atoms with Crippen molar-refractivity contribution in [1.29, 1.82) is 5.26 Å². The second-order valence-electron chi connectivity index (χ2n) is 2.35. The van der Waals surface area contributed by atoms with Crippen LogP contribution in [0.4, 0.5) is 0 Å². The van der Waals surface area contributed by atoms with E-state index in [1.807, 2.05) is 48.5 Å². The van der Waals surface area contributed by atoms with Crippen LogP contribution >= 0.6 is 0 Å². The van der Waals surface area contributed by atoms with Gasteiger partial charge >= 0.3 is 0 Å².